The van der Waals surface area contributed by atoms with Crippen LogP contribution in [0, 0.1) is 5.92 Å². The van der Waals surface area contributed by atoms with E-state index >= 15 is 0 Å². The predicted molar refractivity (Wildman–Crippen MR) is 106 cm³/mol. The topological polar surface area (TPSA) is 52.7 Å². The summed E-state index contributed by atoms with van der Waals surface area (Å²) in [6.45, 7) is 12.8. The molecule has 0 aliphatic carbocycles. The smallest absolute Gasteiger partial charge is 0.253 e. The summed E-state index contributed by atoms with van der Waals surface area (Å²) >= 11 is 0. The highest BCUT2D eigenvalue weighted by molar-refractivity contribution is 5.97. The summed E-state index contributed by atoms with van der Waals surface area (Å²) in [5.41, 5.74) is 1.34. The Morgan fingerprint density at radius 2 is 1.50 bits per heavy atom. The Morgan fingerprint density at radius 3 is 2.04 bits per heavy atom. The number of hydrogen-bond acceptors (Lipinski definition) is 4. The average molecular weight is 360 g/mol. The van der Waals surface area contributed by atoms with Crippen LogP contribution in [0.15, 0.2) is 24.3 Å². The summed E-state index contributed by atoms with van der Waals surface area (Å²) in [6, 6.07) is 7.02. The zero-order valence-electron chi connectivity index (χ0n) is 16.5. The van der Waals surface area contributed by atoms with Gasteiger partial charge in [-0.25, -0.2) is 0 Å². The Balaban J connectivity index is 0.00000117. The molecule has 2 fully saturated rings. The number of benzene rings is 1. The molecule has 1 amide bonds. The fraction of sp³-hybridized carbons (Fsp3) is 0.619. The molecule has 0 unspecified atom stereocenters. The van der Waals surface area contributed by atoms with E-state index in [0.717, 1.165) is 58.7 Å². The minimum Gasteiger partial charge on any atom is -0.339 e. The molecule has 0 saturated carbocycles. The minimum absolute atomic E-state index is 0.0303. The maximum Gasteiger partial charge on any atom is 0.253 e. The molecule has 5 nitrogen and oxygen atoms in total. The summed E-state index contributed by atoms with van der Waals surface area (Å²) in [5.74, 6) is 0.820. The first-order valence-electron chi connectivity index (χ1n) is 9.97. The van der Waals surface area contributed by atoms with Crippen LogP contribution in [0.5, 0.6) is 0 Å². The van der Waals surface area contributed by atoms with E-state index in [-0.39, 0.29) is 11.7 Å². The van der Waals surface area contributed by atoms with E-state index in [1.807, 2.05) is 18.7 Å². The van der Waals surface area contributed by atoms with E-state index in [2.05, 4.69) is 10.2 Å². The van der Waals surface area contributed by atoms with Crippen LogP contribution in [0.4, 0.5) is 0 Å². The lowest BCUT2D eigenvalue weighted by Gasteiger charge is -2.36. The standard InChI is InChI=1S/C19H27N3O2.C2H6/c1-15(23)17-2-4-18(5-3-17)19(24)22-10-6-16(7-11-22)14-21-12-8-20-9-13-21;1-2/h2-5,16,20H,6-14H2,1H3;1-2H3. The molecule has 1 aromatic carbocycles. The molecule has 3 rings (SSSR count). The second-order valence-electron chi connectivity index (χ2n) is 6.92. The second-order valence-corrected chi connectivity index (χ2v) is 6.92. The number of carbonyl (C=O) groups excluding carboxylic acids is 2. The van der Waals surface area contributed by atoms with Gasteiger partial charge < -0.3 is 15.1 Å². The summed E-state index contributed by atoms with van der Waals surface area (Å²) in [7, 11) is 0. The van der Waals surface area contributed by atoms with Crippen LogP contribution in [0.3, 0.4) is 0 Å². The van der Waals surface area contributed by atoms with Crippen molar-refractivity contribution in [1.82, 2.24) is 15.1 Å². The normalized spacial score (nSPS) is 18.8. The van der Waals surface area contributed by atoms with Crippen molar-refractivity contribution in [2.75, 3.05) is 45.8 Å². The molecule has 0 bridgehead atoms. The molecule has 0 aromatic heterocycles. The molecule has 2 aliphatic heterocycles. The van der Waals surface area contributed by atoms with Gasteiger partial charge in [-0.15, -0.1) is 0 Å². The Morgan fingerprint density at radius 1 is 0.962 bits per heavy atom. The first-order chi connectivity index (χ1) is 12.6. The number of piperazine rings is 1. The van der Waals surface area contributed by atoms with Crippen LogP contribution in [0.1, 0.15) is 54.3 Å². The van der Waals surface area contributed by atoms with E-state index in [9.17, 15) is 9.59 Å². The van der Waals surface area contributed by atoms with E-state index in [1.54, 1.807) is 31.2 Å². The highest BCUT2D eigenvalue weighted by Gasteiger charge is 2.25. The molecule has 5 heteroatoms. The maximum absolute atomic E-state index is 12.6. The van der Waals surface area contributed by atoms with Crippen LogP contribution in [-0.4, -0.2) is 67.3 Å². The van der Waals surface area contributed by atoms with Crippen molar-refractivity contribution in [1.29, 1.82) is 0 Å². The Kier molecular flexibility index (Phi) is 8.26. The van der Waals surface area contributed by atoms with Crippen molar-refractivity contribution in [3.05, 3.63) is 35.4 Å². The molecule has 144 valence electrons. The van der Waals surface area contributed by atoms with Gasteiger partial charge in [0, 0.05) is 56.9 Å². The maximum atomic E-state index is 12.6. The third-order valence-electron chi connectivity index (χ3n) is 5.17. The van der Waals surface area contributed by atoms with Crippen molar-refractivity contribution in [3.8, 4) is 0 Å². The number of Topliss-reactive ketones (excluding diaryl/α,β-unsaturated/α-hetero) is 1. The van der Waals surface area contributed by atoms with Crippen LogP contribution in [0.2, 0.25) is 0 Å². The summed E-state index contributed by atoms with van der Waals surface area (Å²) in [4.78, 5) is 28.4. The summed E-state index contributed by atoms with van der Waals surface area (Å²) < 4.78 is 0. The number of nitrogens with zero attached hydrogens (tertiary/aromatic N) is 2. The van der Waals surface area contributed by atoms with Gasteiger partial charge in [0.15, 0.2) is 5.78 Å². The summed E-state index contributed by atoms with van der Waals surface area (Å²) in [6.07, 6.45) is 2.17. The average Bonchev–Trinajstić information content (AvgIpc) is 2.70. The lowest BCUT2D eigenvalue weighted by Crippen LogP contribution is -2.47. The number of piperidine rings is 1. The first kappa shape index (κ1) is 20.6. The zero-order valence-corrected chi connectivity index (χ0v) is 16.5. The van der Waals surface area contributed by atoms with Gasteiger partial charge in [-0.2, -0.15) is 0 Å². The minimum atomic E-state index is 0.0303. The highest BCUT2D eigenvalue weighted by atomic mass is 16.2. The number of likely N-dealkylation sites (tertiary alicyclic amines) is 1. The number of carbonyl (C=O) groups is 2. The molecule has 2 aliphatic rings. The van der Waals surface area contributed by atoms with Crippen molar-refractivity contribution >= 4 is 11.7 Å². The monoisotopic (exact) mass is 359 g/mol. The Labute approximate surface area is 157 Å². The molecule has 0 atom stereocenters. The predicted octanol–water partition coefficient (Wildman–Crippen LogP) is 2.67. The van der Waals surface area contributed by atoms with E-state index in [1.165, 1.54) is 0 Å². The number of ketones is 1. The third kappa shape index (κ3) is 5.64. The SMILES string of the molecule is CC.CC(=O)c1ccc(C(=O)N2CCC(CN3CCNCC3)CC2)cc1. The number of hydrogen-bond donors (Lipinski definition) is 1. The van der Waals surface area contributed by atoms with E-state index in [4.69, 9.17) is 0 Å². The van der Waals surface area contributed by atoms with Crippen LogP contribution in [-0.2, 0) is 0 Å². The molecular weight excluding hydrogens is 326 g/mol. The number of amides is 1. The van der Waals surface area contributed by atoms with Crippen molar-refractivity contribution in [2.24, 2.45) is 5.92 Å². The molecule has 0 radical (unpaired) electrons. The largest absolute Gasteiger partial charge is 0.339 e. The van der Waals surface area contributed by atoms with Gasteiger partial charge in [-0.1, -0.05) is 26.0 Å². The first-order valence-corrected chi connectivity index (χ1v) is 9.97. The molecule has 1 aromatic rings. The molecule has 2 heterocycles. The molecule has 26 heavy (non-hydrogen) atoms. The second kappa shape index (κ2) is 10.4. The Hall–Kier alpha value is -1.72. The van der Waals surface area contributed by atoms with E-state index in [0.29, 0.717) is 17.0 Å². The zero-order chi connectivity index (χ0) is 18.9. The van der Waals surface area contributed by atoms with Gasteiger partial charge in [-0.3, -0.25) is 9.59 Å². The van der Waals surface area contributed by atoms with Gasteiger partial charge in [0.25, 0.3) is 5.91 Å². The van der Waals surface area contributed by atoms with Crippen molar-refractivity contribution in [2.45, 2.75) is 33.6 Å². The van der Waals surface area contributed by atoms with Gasteiger partial charge >= 0.3 is 0 Å². The summed E-state index contributed by atoms with van der Waals surface area (Å²) in [5, 5.41) is 3.39. The van der Waals surface area contributed by atoms with Gasteiger partial charge in [0.1, 0.15) is 0 Å². The fourth-order valence-corrected chi connectivity index (χ4v) is 3.61. The molecular formula is C21H33N3O2. The molecule has 0 spiro atoms. The van der Waals surface area contributed by atoms with Crippen LogP contribution < -0.4 is 5.32 Å². The van der Waals surface area contributed by atoms with E-state index < -0.39 is 0 Å². The van der Waals surface area contributed by atoms with Gasteiger partial charge in [0.05, 0.1) is 0 Å². The van der Waals surface area contributed by atoms with Crippen molar-refractivity contribution < 1.29 is 9.59 Å². The fourth-order valence-electron chi connectivity index (χ4n) is 3.61. The van der Waals surface area contributed by atoms with Crippen LogP contribution in [0.25, 0.3) is 0 Å². The van der Waals surface area contributed by atoms with Crippen LogP contribution >= 0.6 is 0 Å². The quantitative estimate of drug-likeness (QED) is 0.840. The highest BCUT2D eigenvalue weighted by Crippen LogP contribution is 2.20. The van der Waals surface area contributed by atoms with Gasteiger partial charge in [-0.05, 0) is 37.8 Å². The van der Waals surface area contributed by atoms with Gasteiger partial charge in [0.2, 0.25) is 0 Å². The Bertz CT molecular complexity index is 571. The number of nitrogens with one attached hydrogen (secondary N) is 1. The third-order valence-corrected chi connectivity index (χ3v) is 5.17. The molecule has 2 saturated heterocycles. The molecule has 1 N–H and O–H groups in total. The lowest BCUT2D eigenvalue weighted by atomic mass is 9.95. The lowest BCUT2D eigenvalue weighted by molar-refractivity contribution is 0.0663. The number of rotatable bonds is 4. The van der Waals surface area contributed by atoms with Crippen molar-refractivity contribution in [3.63, 3.8) is 0 Å².